The Morgan fingerprint density at radius 3 is 2.59 bits per heavy atom. The van der Waals surface area contributed by atoms with Crippen LogP contribution < -0.4 is 0 Å². The van der Waals surface area contributed by atoms with Gasteiger partial charge in [-0.05, 0) is 57.2 Å². The van der Waals surface area contributed by atoms with Crippen LogP contribution in [0, 0.1) is 12.8 Å². The molecule has 2 bridgehead atoms. The van der Waals surface area contributed by atoms with Crippen molar-refractivity contribution in [1.29, 1.82) is 0 Å². The molecule has 1 N–H and O–H groups in total. The van der Waals surface area contributed by atoms with Crippen LogP contribution in [0.25, 0.3) is 0 Å². The lowest BCUT2D eigenvalue weighted by molar-refractivity contribution is 0.00709. The van der Waals surface area contributed by atoms with Crippen LogP contribution >= 0.6 is 0 Å². The van der Waals surface area contributed by atoms with E-state index < -0.39 is 0 Å². The fourth-order valence-electron chi connectivity index (χ4n) is 3.64. The van der Waals surface area contributed by atoms with Crippen LogP contribution in [0.1, 0.15) is 42.9 Å². The predicted molar refractivity (Wildman–Crippen MR) is 66.9 cm³/mol. The van der Waals surface area contributed by atoms with E-state index in [9.17, 15) is 5.11 Å². The van der Waals surface area contributed by atoms with Gasteiger partial charge in [0.1, 0.15) is 0 Å². The number of aryl methyl sites for hydroxylation is 1. The van der Waals surface area contributed by atoms with Crippen LogP contribution in [0.15, 0.2) is 12.3 Å². The quantitative estimate of drug-likeness (QED) is 0.808. The molecule has 1 atom stereocenters. The molecule has 3 aliphatic rings. The van der Waals surface area contributed by atoms with E-state index in [4.69, 9.17) is 0 Å². The topological polar surface area (TPSA) is 36.4 Å². The zero-order chi connectivity index (χ0) is 12.0. The summed E-state index contributed by atoms with van der Waals surface area (Å²) >= 11 is 0. The van der Waals surface area contributed by atoms with E-state index in [1.165, 1.54) is 31.2 Å². The van der Waals surface area contributed by atoms with Crippen LogP contribution in [0.5, 0.6) is 5.88 Å². The van der Waals surface area contributed by atoms with Crippen LogP contribution in [0.3, 0.4) is 0 Å². The first-order valence-corrected chi connectivity index (χ1v) is 6.54. The number of piperidine rings is 2. The van der Waals surface area contributed by atoms with Crippen molar-refractivity contribution in [2.24, 2.45) is 5.92 Å². The summed E-state index contributed by atoms with van der Waals surface area (Å²) in [5.41, 5.74) is 2.16. The summed E-state index contributed by atoms with van der Waals surface area (Å²) in [7, 11) is 2.24. The molecule has 92 valence electrons. The van der Waals surface area contributed by atoms with E-state index >= 15 is 0 Å². The summed E-state index contributed by atoms with van der Waals surface area (Å²) in [6.45, 7) is 1.92. The van der Waals surface area contributed by atoms with Gasteiger partial charge in [-0.15, -0.1) is 0 Å². The normalized spacial score (nSPS) is 32.9. The van der Waals surface area contributed by atoms with E-state index in [1.807, 2.05) is 13.1 Å². The zero-order valence-corrected chi connectivity index (χ0v) is 10.6. The second-order valence-corrected chi connectivity index (χ2v) is 5.59. The van der Waals surface area contributed by atoms with Crippen molar-refractivity contribution < 1.29 is 5.11 Å². The van der Waals surface area contributed by atoms with E-state index in [1.54, 1.807) is 0 Å². The predicted octanol–water partition coefficient (Wildman–Crippen LogP) is 2.64. The molecule has 1 unspecified atom stereocenters. The minimum absolute atomic E-state index is 0.164. The molecule has 2 aliphatic heterocycles. The molecule has 3 heterocycles. The number of rotatable bonds is 1. The van der Waals surface area contributed by atoms with Crippen molar-refractivity contribution in [2.75, 3.05) is 7.05 Å². The second kappa shape index (κ2) is 3.98. The number of hydrogen-bond donors (Lipinski definition) is 1. The molecule has 0 radical (unpaired) electrons. The molecular formula is C14H20N2O. The molecule has 0 aromatic carbocycles. The molecule has 0 spiro atoms. The van der Waals surface area contributed by atoms with Crippen LogP contribution in [-0.4, -0.2) is 28.1 Å². The molecule has 3 fully saturated rings. The van der Waals surface area contributed by atoms with Gasteiger partial charge in [0, 0.05) is 23.8 Å². The largest absolute Gasteiger partial charge is 0.493 e. The summed E-state index contributed by atoms with van der Waals surface area (Å²) < 4.78 is 0. The standard InChI is InChI=1S/C14H20N2O/c1-9-7-11(8-15-14(9)17)13-10-3-5-12(6-4-10)16(13)2/h7-8,10,12-13H,3-6H2,1-2H3,(H,15,17). The third-order valence-corrected chi connectivity index (χ3v) is 4.62. The number of pyridine rings is 1. The lowest BCUT2D eigenvalue weighted by atomic mass is 9.73. The highest BCUT2D eigenvalue weighted by Gasteiger charge is 2.40. The molecule has 17 heavy (non-hydrogen) atoms. The average molecular weight is 232 g/mol. The van der Waals surface area contributed by atoms with Crippen molar-refractivity contribution in [1.82, 2.24) is 9.88 Å². The lowest BCUT2D eigenvalue weighted by Gasteiger charge is -2.50. The van der Waals surface area contributed by atoms with Gasteiger partial charge in [-0.25, -0.2) is 4.98 Å². The Kier molecular flexibility index (Phi) is 2.58. The minimum Gasteiger partial charge on any atom is -0.493 e. The van der Waals surface area contributed by atoms with Gasteiger partial charge in [-0.2, -0.15) is 0 Å². The lowest BCUT2D eigenvalue weighted by Crippen LogP contribution is -2.47. The van der Waals surface area contributed by atoms with E-state index in [2.05, 4.69) is 23.0 Å². The molecule has 4 rings (SSSR count). The molecule has 1 saturated carbocycles. The molecule has 1 aromatic rings. The Hall–Kier alpha value is -1.09. The first kappa shape index (κ1) is 11.0. The van der Waals surface area contributed by atoms with Gasteiger partial charge in [-0.1, -0.05) is 0 Å². The minimum atomic E-state index is 0.164. The van der Waals surface area contributed by atoms with Crippen molar-refractivity contribution >= 4 is 0 Å². The summed E-state index contributed by atoms with van der Waals surface area (Å²) in [5.74, 6) is 0.938. The SMILES string of the molecule is Cc1cc(C2C3CCC(CC3)N2C)cnc1O. The first-order valence-electron chi connectivity index (χ1n) is 6.54. The van der Waals surface area contributed by atoms with Gasteiger partial charge >= 0.3 is 0 Å². The second-order valence-electron chi connectivity index (χ2n) is 5.59. The number of aromatic nitrogens is 1. The van der Waals surface area contributed by atoms with Gasteiger partial charge in [0.2, 0.25) is 5.88 Å². The maximum Gasteiger partial charge on any atom is 0.213 e. The molecule has 3 nitrogen and oxygen atoms in total. The van der Waals surface area contributed by atoms with E-state index in [0.29, 0.717) is 6.04 Å². The Morgan fingerprint density at radius 2 is 2.00 bits per heavy atom. The van der Waals surface area contributed by atoms with Gasteiger partial charge in [-0.3, -0.25) is 4.90 Å². The van der Waals surface area contributed by atoms with Gasteiger partial charge in [0.25, 0.3) is 0 Å². The third kappa shape index (κ3) is 1.73. The number of hydrogen-bond acceptors (Lipinski definition) is 3. The third-order valence-electron chi connectivity index (χ3n) is 4.62. The number of nitrogens with zero attached hydrogens (tertiary/aromatic N) is 2. The van der Waals surface area contributed by atoms with Gasteiger partial charge < -0.3 is 5.11 Å². The summed E-state index contributed by atoms with van der Waals surface area (Å²) in [6, 6.07) is 3.36. The van der Waals surface area contributed by atoms with Crippen molar-refractivity contribution in [3.8, 4) is 5.88 Å². The first-order chi connectivity index (χ1) is 8.16. The molecule has 1 aliphatic carbocycles. The summed E-state index contributed by atoms with van der Waals surface area (Å²) in [6.07, 6.45) is 7.24. The molecule has 1 aromatic heterocycles. The van der Waals surface area contributed by atoms with Gasteiger partial charge in [0.15, 0.2) is 0 Å². The highest BCUT2D eigenvalue weighted by Crippen LogP contribution is 2.46. The Balaban J connectivity index is 1.95. The fraction of sp³-hybridized carbons (Fsp3) is 0.643. The molecular weight excluding hydrogens is 212 g/mol. The summed E-state index contributed by atoms with van der Waals surface area (Å²) in [4.78, 5) is 6.62. The maximum atomic E-state index is 9.52. The monoisotopic (exact) mass is 232 g/mol. The van der Waals surface area contributed by atoms with E-state index in [-0.39, 0.29) is 5.88 Å². The Bertz CT molecular complexity index is 422. The van der Waals surface area contributed by atoms with Crippen LogP contribution in [-0.2, 0) is 0 Å². The molecule has 0 amide bonds. The Labute approximate surface area is 102 Å². The molecule has 3 heteroatoms. The zero-order valence-electron chi connectivity index (χ0n) is 10.6. The van der Waals surface area contributed by atoms with Crippen LogP contribution in [0.4, 0.5) is 0 Å². The maximum absolute atomic E-state index is 9.52. The van der Waals surface area contributed by atoms with E-state index in [0.717, 1.165) is 17.5 Å². The Morgan fingerprint density at radius 1 is 1.29 bits per heavy atom. The average Bonchev–Trinajstić information content (AvgIpc) is 2.34. The van der Waals surface area contributed by atoms with Crippen molar-refractivity contribution in [2.45, 2.75) is 44.7 Å². The number of aromatic hydroxyl groups is 1. The van der Waals surface area contributed by atoms with Crippen LogP contribution in [0.2, 0.25) is 0 Å². The van der Waals surface area contributed by atoms with Crippen molar-refractivity contribution in [3.63, 3.8) is 0 Å². The summed E-state index contributed by atoms with van der Waals surface area (Å²) in [5, 5.41) is 9.52. The van der Waals surface area contributed by atoms with Crippen molar-refractivity contribution in [3.05, 3.63) is 23.4 Å². The molecule has 2 saturated heterocycles. The highest BCUT2D eigenvalue weighted by molar-refractivity contribution is 5.30. The fourth-order valence-corrected chi connectivity index (χ4v) is 3.64. The smallest absolute Gasteiger partial charge is 0.213 e. The number of fused-ring (bicyclic) bond motifs is 3. The highest BCUT2D eigenvalue weighted by atomic mass is 16.3. The van der Waals surface area contributed by atoms with Gasteiger partial charge in [0.05, 0.1) is 0 Å².